The Hall–Kier alpha value is -0.400. The minimum Gasteiger partial charge on any atom is -0.412 e. The molecule has 0 radical (unpaired) electrons. The van der Waals surface area contributed by atoms with Crippen LogP contribution in [0.5, 0.6) is 0 Å². The van der Waals surface area contributed by atoms with Gasteiger partial charge >= 0.3 is 35.6 Å². The summed E-state index contributed by atoms with van der Waals surface area (Å²) in [6, 6.07) is 8.90. The fourth-order valence-corrected chi connectivity index (χ4v) is 1.70. The monoisotopic (exact) mass is 305 g/mol. The molecule has 0 bridgehead atoms. The molecule has 1 aromatic carbocycles. The number of amides is 2. The van der Waals surface area contributed by atoms with Crippen molar-refractivity contribution in [1.82, 2.24) is 10.6 Å². The van der Waals surface area contributed by atoms with Crippen LogP contribution in [-0.2, 0) is 12.6 Å². The van der Waals surface area contributed by atoms with Crippen molar-refractivity contribution in [3.63, 3.8) is 0 Å². The molecule has 1 rings (SSSR count). The van der Waals surface area contributed by atoms with E-state index in [1.165, 1.54) is 0 Å². The molecule has 19 heavy (non-hydrogen) atoms. The Labute approximate surface area is 146 Å². The zero-order chi connectivity index (χ0) is 13.5. The number of nitrogens with one attached hydrogen (secondary N) is 3. The Morgan fingerprint density at radius 1 is 1.16 bits per heavy atom. The summed E-state index contributed by atoms with van der Waals surface area (Å²) in [5, 5.41) is 8.47. The normalized spacial score (nSPS) is 12.5. The minimum atomic E-state index is -0.252. The van der Waals surface area contributed by atoms with E-state index < -0.39 is 0 Å². The van der Waals surface area contributed by atoms with Crippen LogP contribution in [0.4, 0.5) is 10.5 Å². The van der Waals surface area contributed by atoms with Crippen molar-refractivity contribution >= 4 is 40.9 Å². The van der Waals surface area contributed by atoms with Gasteiger partial charge in [0, 0.05) is 17.8 Å². The molecule has 0 aliphatic rings. The quantitative estimate of drug-likeness (QED) is 0.380. The Bertz CT molecular complexity index is 417. The van der Waals surface area contributed by atoms with Gasteiger partial charge in [0.15, 0.2) is 0 Å². The van der Waals surface area contributed by atoms with Gasteiger partial charge in [0.1, 0.15) is 0 Å². The van der Waals surface area contributed by atoms with Gasteiger partial charge in [0.25, 0.3) is 0 Å². The van der Waals surface area contributed by atoms with Crippen LogP contribution in [0.2, 0.25) is 0 Å². The van der Waals surface area contributed by atoms with Crippen LogP contribution in [0, 0.1) is 0 Å². The molecule has 2 amide bonds. The minimum absolute atomic E-state index is 0. The van der Waals surface area contributed by atoms with Gasteiger partial charge in [-0.3, -0.25) is 0 Å². The molecule has 0 saturated heterocycles. The molecule has 0 saturated carbocycles. The molecular formula is C12H16N3NaOS2. The maximum atomic E-state index is 11.7. The Morgan fingerprint density at radius 3 is 2.21 bits per heavy atom. The fourth-order valence-electron chi connectivity index (χ4n) is 1.33. The Kier molecular flexibility index (Phi) is 9.30. The summed E-state index contributed by atoms with van der Waals surface area (Å²) in [6.45, 7) is 3.79. The van der Waals surface area contributed by atoms with Gasteiger partial charge < -0.3 is 40.8 Å². The van der Waals surface area contributed by atoms with E-state index in [0.717, 1.165) is 5.69 Å². The molecule has 0 fully saturated rings. The van der Waals surface area contributed by atoms with Crippen molar-refractivity contribution in [2.24, 2.45) is 0 Å². The molecule has 0 aromatic heterocycles. The Morgan fingerprint density at radius 2 is 1.68 bits per heavy atom. The summed E-state index contributed by atoms with van der Waals surface area (Å²) < 4.78 is 0.305. The molecule has 2 unspecified atom stereocenters. The van der Waals surface area contributed by atoms with Crippen molar-refractivity contribution in [3.8, 4) is 0 Å². The van der Waals surface area contributed by atoms with Crippen LogP contribution >= 0.6 is 12.2 Å². The van der Waals surface area contributed by atoms with Gasteiger partial charge in [0.05, 0.1) is 0 Å². The maximum absolute atomic E-state index is 11.7. The average Bonchev–Trinajstić information content (AvgIpc) is 2.29. The van der Waals surface area contributed by atoms with Gasteiger partial charge in [-0.25, -0.2) is 4.79 Å². The number of carbonyl (C=O) groups excluding carboxylic acids is 1. The summed E-state index contributed by atoms with van der Waals surface area (Å²) in [7, 11) is 0. The van der Waals surface area contributed by atoms with E-state index in [2.05, 4.69) is 16.0 Å². The van der Waals surface area contributed by atoms with E-state index in [0.29, 0.717) is 4.32 Å². The van der Waals surface area contributed by atoms with Gasteiger partial charge in [-0.05, 0) is 26.0 Å². The van der Waals surface area contributed by atoms with E-state index in [9.17, 15) is 4.79 Å². The molecule has 7 heteroatoms. The number of hydrogen-bond acceptors (Lipinski definition) is 3. The molecule has 0 heterocycles. The zero-order valence-electron chi connectivity index (χ0n) is 11.3. The third-order valence-corrected chi connectivity index (χ3v) is 2.72. The van der Waals surface area contributed by atoms with Crippen LogP contribution in [0.25, 0.3) is 0 Å². The van der Waals surface area contributed by atoms with Gasteiger partial charge in [-0.1, -0.05) is 22.5 Å². The van der Waals surface area contributed by atoms with E-state index in [-0.39, 0.29) is 47.7 Å². The number of benzene rings is 1. The number of thiocarbonyl (C=S) groups is 1. The largest absolute Gasteiger partial charge is 1.00 e. The number of hydrogen-bond donors (Lipinski definition) is 3. The number of urea groups is 1. The molecule has 0 aliphatic heterocycles. The third kappa shape index (κ3) is 7.69. The zero-order valence-corrected chi connectivity index (χ0v) is 14.9. The van der Waals surface area contributed by atoms with Gasteiger partial charge in [0.2, 0.25) is 0 Å². The van der Waals surface area contributed by atoms with E-state index in [1.54, 1.807) is 0 Å². The molecule has 4 nitrogen and oxygen atoms in total. The topological polar surface area (TPSA) is 53.2 Å². The molecule has 0 spiro atoms. The van der Waals surface area contributed by atoms with E-state index in [4.69, 9.17) is 24.8 Å². The van der Waals surface area contributed by atoms with Crippen LogP contribution < -0.4 is 45.5 Å². The predicted molar refractivity (Wildman–Crippen MR) is 80.6 cm³/mol. The van der Waals surface area contributed by atoms with Crippen LogP contribution in [-0.4, -0.2) is 22.4 Å². The van der Waals surface area contributed by atoms with Crippen molar-refractivity contribution in [2.75, 3.05) is 5.32 Å². The summed E-state index contributed by atoms with van der Waals surface area (Å²) in [5.41, 5.74) is 0.751. The van der Waals surface area contributed by atoms with Crippen LogP contribution in [0.1, 0.15) is 13.8 Å². The van der Waals surface area contributed by atoms with E-state index >= 15 is 0 Å². The third-order valence-electron chi connectivity index (χ3n) is 2.49. The molecule has 0 aliphatic carbocycles. The van der Waals surface area contributed by atoms with Gasteiger partial charge in [-0.15, -0.1) is 0 Å². The molecule has 2 atom stereocenters. The summed E-state index contributed by atoms with van der Waals surface area (Å²) in [5.74, 6) is 0. The second-order valence-corrected chi connectivity index (χ2v) is 5.05. The fraction of sp³-hybridized carbons (Fsp3) is 0.333. The van der Waals surface area contributed by atoms with Crippen LogP contribution in [0.3, 0.4) is 0 Å². The Balaban J connectivity index is 0.00000324. The number of carbonyl (C=O) groups is 1. The molecular weight excluding hydrogens is 289 g/mol. The predicted octanol–water partition coefficient (Wildman–Crippen LogP) is -0.989. The van der Waals surface area contributed by atoms with Crippen molar-refractivity contribution in [1.29, 1.82) is 0 Å². The molecule has 1 aromatic rings. The van der Waals surface area contributed by atoms with Crippen molar-refractivity contribution in [2.45, 2.75) is 25.9 Å². The average molecular weight is 305 g/mol. The second kappa shape index (κ2) is 9.50. The summed E-state index contributed by atoms with van der Waals surface area (Å²) >= 11 is 9.57. The molecule has 98 valence electrons. The second-order valence-electron chi connectivity index (χ2n) is 3.97. The number of para-hydroxylation sites is 1. The first kappa shape index (κ1) is 18.6. The number of rotatable bonds is 4. The first-order valence-corrected chi connectivity index (χ1v) is 6.40. The standard InChI is InChI=1S/C12H17N3OS2.Na/c1-8(9(2)14-12(17)18)13-11(16)15-10-6-4-3-5-7-10;/h3-9H,1-2H3,(H2,13,15,16)(H2,14,17,18);/q;+1/p-1. The smallest absolute Gasteiger partial charge is 0.412 e. The first-order chi connectivity index (χ1) is 8.49. The first-order valence-electron chi connectivity index (χ1n) is 5.59. The van der Waals surface area contributed by atoms with E-state index in [1.807, 2.05) is 44.2 Å². The summed E-state index contributed by atoms with van der Waals surface area (Å²) in [4.78, 5) is 11.7. The maximum Gasteiger partial charge on any atom is 1.00 e. The van der Waals surface area contributed by atoms with Crippen molar-refractivity contribution < 1.29 is 34.4 Å². The number of anilines is 1. The molecule has 3 N–H and O–H groups in total. The van der Waals surface area contributed by atoms with Gasteiger partial charge in [-0.2, -0.15) is 0 Å². The summed E-state index contributed by atoms with van der Waals surface area (Å²) in [6.07, 6.45) is 0. The van der Waals surface area contributed by atoms with Crippen LogP contribution in [0.15, 0.2) is 30.3 Å². The van der Waals surface area contributed by atoms with Crippen molar-refractivity contribution in [3.05, 3.63) is 30.3 Å². The SMILES string of the molecule is CC(NC(=O)Nc1ccccc1)C(C)NC(=S)[S-].[Na+].